The van der Waals surface area contributed by atoms with Crippen molar-refractivity contribution < 1.29 is 4.74 Å². The summed E-state index contributed by atoms with van der Waals surface area (Å²) in [6.45, 7) is 0.891. The van der Waals surface area contributed by atoms with E-state index in [1.165, 1.54) is 0 Å². The first-order valence-corrected chi connectivity index (χ1v) is 6.23. The van der Waals surface area contributed by atoms with E-state index in [2.05, 4.69) is 27.4 Å². The Morgan fingerprint density at radius 2 is 2.11 bits per heavy atom. The first-order chi connectivity index (χ1) is 8.86. The van der Waals surface area contributed by atoms with Crippen LogP contribution in [0.4, 0.5) is 0 Å². The molecule has 0 bridgehead atoms. The Kier molecular flexibility index (Phi) is 3.13. The number of imidazole rings is 1. The molecule has 1 aliphatic heterocycles. The lowest BCUT2D eigenvalue weighted by atomic mass is 10.2. The van der Waals surface area contributed by atoms with E-state index in [1.54, 1.807) is 7.11 Å². The third-order valence-corrected chi connectivity index (χ3v) is 3.43. The average molecular weight is 243 g/mol. The van der Waals surface area contributed by atoms with E-state index < -0.39 is 0 Å². The topological polar surface area (TPSA) is 49.9 Å². The summed E-state index contributed by atoms with van der Waals surface area (Å²) in [5.74, 6) is 0.994. The van der Waals surface area contributed by atoms with Gasteiger partial charge in [-0.1, -0.05) is 30.3 Å². The summed E-state index contributed by atoms with van der Waals surface area (Å²) in [6.07, 6.45) is 3.16. The molecule has 0 aliphatic carbocycles. The van der Waals surface area contributed by atoms with E-state index in [1.807, 2.05) is 24.4 Å². The number of methoxy groups -OCH3 is 1. The third-order valence-electron chi connectivity index (χ3n) is 3.43. The SMILES string of the molecule is CO[C@H]1CN[C@H](c2ncc(-c3ccccc3)[nH]2)C1. The van der Waals surface area contributed by atoms with Crippen molar-refractivity contribution in [1.29, 1.82) is 0 Å². The van der Waals surface area contributed by atoms with E-state index >= 15 is 0 Å². The smallest absolute Gasteiger partial charge is 0.123 e. The minimum atomic E-state index is 0.271. The molecular weight excluding hydrogens is 226 g/mol. The van der Waals surface area contributed by atoms with Crippen molar-refractivity contribution in [2.45, 2.75) is 18.6 Å². The lowest BCUT2D eigenvalue weighted by Gasteiger charge is -2.06. The minimum absolute atomic E-state index is 0.271. The summed E-state index contributed by atoms with van der Waals surface area (Å²) in [4.78, 5) is 7.86. The molecule has 0 radical (unpaired) electrons. The lowest BCUT2D eigenvalue weighted by Crippen LogP contribution is -2.16. The molecule has 2 atom stereocenters. The van der Waals surface area contributed by atoms with Crippen LogP contribution in [0.1, 0.15) is 18.3 Å². The number of rotatable bonds is 3. The van der Waals surface area contributed by atoms with Crippen molar-refractivity contribution in [3.63, 3.8) is 0 Å². The second-order valence-electron chi connectivity index (χ2n) is 4.60. The summed E-state index contributed by atoms with van der Waals surface area (Å²) < 4.78 is 5.35. The Bertz CT molecular complexity index is 509. The normalized spacial score (nSPS) is 23.4. The predicted molar refractivity (Wildman–Crippen MR) is 70.2 cm³/mol. The van der Waals surface area contributed by atoms with Crippen LogP contribution in [0.2, 0.25) is 0 Å². The fourth-order valence-corrected chi connectivity index (χ4v) is 2.37. The molecule has 4 heteroatoms. The molecule has 0 saturated carbocycles. The fraction of sp³-hybridized carbons (Fsp3) is 0.357. The number of ether oxygens (including phenoxy) is 1. The number of benzene rings is 1. The molecule has 2 N–H and O–H groups in total. The first kappa shape index (κ1) is 11.4. The molecule has 3 rings (SSSR count). The molecule has 4 nitrogen and oxygen atoms in total. The molecule has 1 fully saturated rings. The molecule has 18 heavy (non-hydrogen) atoms. The van der Waals surface area contributed by atoms with Gasteiger partial charge in [-0.25, -0.2) is 4.98 Å². The minimum Gasteiger partial charge on any atom is -0.380 e. The molecule has 94 valence electrons. The van der Waals surface area contributed by atoms with Crippen LogP contribution in [0.25, 0.3) is 11.3 Å². The van der Waals surface area contributed by atoms with Gasteiger partial charge in [-0.3, -0.25) is 0 Å². The Morgan fingerprint density at radius 3 is 2.83 bits per heavy atom. The van der Waals surface area contributed by atoms with Gasteiger partial charge in [-0.05, 0) is 12.0 Å². The van der Waals surface area contributed by atoms with Crippen LogP contribution in [-0.4, -0.2) is 29.7 Å². The molecule has 2 heterocycles. The van der Waals surface area contributed by atoms with Gasteiger partial charge in [0.1, 0.15) is 5.82 Å². The Morgan fingerprint density at radius 1 is 1.28 bits per heavy atom. The zero-order valence-electron chi connectivity index (χ0n) is 10.4. The van der Waals surface area contributed by atoms with Crippen LogP contribution in [-0.2, 0) is 4.74 Å². The van der Waals surface area contributed by atoms with Crippen molar-refractivity contribution in [1.82, 2.24) is 15.3 Å². The summed E-state index contributed by atoms with van der Waals surface area (Å²) in [5.41, 5.74) is 2.23. The van der Waals surface area contributed by atoms with Gasteiger partial charge in [0.15, 0.2) is 0 Å². The number of aromatic nitrogens is 2. The van der Waals surface area contributed by atoms with Gasteiger partial charge in [0.25, 0.3) is 0 Å². The van der Waals surface area contributed by atoms with Crippen molar-refractivity contribution in [2.75, 3.05) is 13.7 Å². The highest BCUT2D eigenvalue weighted by Crippen LogP contribution is 2.25. The van der Waals surface area contributed by atoms with Gasteiger partial charge in [0.05, 0.1) is 24.0 Å². The highest BCUT2D eigenvalue weighted by molar-refractivity contribution is 5.58. The summed E-state index contributed by atoms with van der Waals surface area (Å²) in [7, 11) is 1.76. The second kappa shape index (κ2) is 4.92. The standard InChI is InChI=1S/C14H17N3O/c1-18-11-7-12(15-8-11)14-16-9-13(17-14)10-5-3-2-4-6-10/h2-6,9,11-12,15H,7-8H2,1H3,(H,16,17)/t11-,12+/m1/s1. The maximum atomic E-state index is 5.35. The van der Waals surface area contributed by atoms with Gasteiger partial charge in [0, 0.05) is 13.7 Å². The van der Waals surface area contributed by atoms with E-state index in [0.29, 0.717) is 6.10 Å². The van der Waals surface area contributed by atoms with Gasteiger partial charge < -0.3 is 15.0 Å². The number of hydrogen-bond donors (Lipinski definition) is 2. The number of nitrogens with one attached hydrogen (secondary N) is 2. The Labute approximate surface area is 106 Å². The van der Waals surface area contributed by atoms with Crippen LogP contribution >= 0.6 is 0 Å². The van der Waals surface area contributed by atoms with Crippen molar-refractivity contribution in [3.8, 4) is 11.3 Å². The van der Waals surface area contributed by atoms with Crippen LogP contribution in [0.5, 0.6) is 0 Å². The number of H-pyrrole nitrogens is 1. The molecule has 1 aromatic heterocycles. The maximum absolute atomic E-state index is 5.35. The predicted octanol–water partition coefficient (Wildman–Crippen LogP) is 2.13. The summed E-state index contributed by atoms with van der Waals surface area (Å²) >= 11 is 0. The van der Waals surface area contributed by atoms with E-state index in [0.717, 1.165) is 30.0 Å². The molecule has 2 aromatic rings. The van der Waals surface area contributed by atoms with Crippen LogP contribution in [0.3, 0.4) is 0 Å². The monoisotopic (exact) mass is 243 g/mol. The van der Waals surface area contributed by atoms with Gasteiger partial charge in [0.2, 0.25) is 0 Å². The van der Waals surface area contributed by atoms with Crippen LogP contribution < -0.4 is 5.32 Å². The van der Waals surface area contributed by atoms with E-state index in [-0.39, 0.29) is 6.04 Å². The van der Waals surface area contributed by atoms with E-state index in [4.69, 9.17) is 4.74 Å². The van der Waals surface area contributed by atoms with Gasteiger partial charge in [-0.2, -0.15) is 0 Å². The molecule has 1 saturated heterocycles. The van der Waals surface area contributed by atoms with Crippen molar-refractivity contribution in [2.24, 2.45) is 0 Å². The van der Waals surface area contributed by atoms with Gasteiger partial charge >= 0.3 is 0 Å². The maximum Gasteiger partial charge on any atom is 0.123 e. The molecule has 0 spiro atoms. The molecule has 1 aliphatic rings. The third kappa shape index (κ3) is 2.17. The second-order valence-corrected chi connectivity index (χ2v) is 4.60. The van der Waals surface area contributed by atoms with Crippen LogP contribution in [0, 0.1) is 0 Å². The summed E-state index contributed by atoms with van der Waals surface area (Å²) in [5, 5.41) is 3.42. The Hall–Kier alpha value is -1.65. The van der Waals surface area contributed by atoms with E-state index in [9.17, 15) is 0 Å². The van der Waals surface area contributed by atoms with Crippen molar-refractivity contribution >= 4 is 0 Å². The molecular formula is C14H17N3O. The quantitative estimate of drug-likeness (QED) is 0.868. The van der Waals surface area contributed by atoms with Gasteiger partial charge in [-0.15, -0.1) is 0 Å². The first-order valence-electron chi connectivity index (χ1n) is 6.23. The van der Waals surface area contributed by atoms with Crippen molar-refractivity contribution in [3.05, 3.63) is 42.4 Å². The zero-order chi connectivity index (χ0) is 12.4. The average Bonchev–Trinajstić information content (AvgIpc) is 3.08. The highest BCUT2D eigenvalue weighted by atomic mass is 16.5. The largest absolute Gasteiger partial charge is 0.380 e. The zero-order valence-corrected chi connectivity index (χ0v) is 10.4. The van der Waals surface area contributed by atoms with Crippen LogP contribution in [0.15, 0.2) is 36.5 Å². The number of hydrogen-bond acceptors (Lipinski definition) is 3. The highest BCUT2D eigenvalue weighted by Gasteiger charge is 2.26. The number of nitrogens with zero attached hydrogens (tertiary/aromatic N) is 1. The number of aromatic amines is 1. The molecule has 1 aromatic carbocycles. The lowest BCUT2D eigenvalue weighted by molar-refractivity contribution is 0.117. The molecule has 0 unspecified atom stereocenters. The fourth-order valence-electron chi connectivity index (χ4n) is 2.37. The Balaban J connectivity index is 1.78. The molecule has 0 amide bonds. The summed E-state index contributed by atoms with van der Waals surface area (Å²) in [6, 6.07) is 10.5.